The minimum absolute atomic E-state index is 0.00701. The average Bonchev–Trinajstić information content (AvgIpc) is 2.77. The van der Waals surface area contributed by atoms with E-state index in [-0.39, 0.29) is 17.9 Å². The molecular weight excluding hydrogens is 220 g/mol. The summed E-state index contributed by atoms with van der Waals surface area (Å²) in [6, 6.07) is 0. The summed E-state index contributed by atoms with van der Waals surface area (Å²) in [6.07, 6.45) is 5.46. The number of hydrogen-bond acceptors (Lipinski definition) is 5. The van der Waals surface area contributed by atoms with Crippen LogP contribution in [0.2, 0.25) is 0 Å². The maximum atomic E-state index is 11.8. The molecule has 1 heterocycles. The molecule has 0 aromatic carbocycles. The molecule has 3 N–H and O–H groups in total. The first-order valence-electron chi connectivity index (χ1n) is 6.09. The third-order valence-corrected chi connectivity index (χ3v) is 3.32. The largest absolute Gasteiger partial charge is 0.456 e. The number of carbonyl (C=O) groups is 1. The number of nitrogens with one attached hydrogen (secondary N) is 1. The molecule has 0 radical (unpaired) electrons. The predicted octanol–water partition coefficient (Wildman–Crippen LogP) is 1.51. The van der Waals surface area contributed by atoms with Gasteiger partial charge in [0, 0.05) is 0 Å². The molecule has 1 aliphatic rings. The zero-order valence-corrected chi connectivity index (χ0v) is 9.98. The first-order valence-corrected chi connectivity index (χ1v) is 6.09. The molecule has 0 spiro atoms. The molecule has 94 valence electrons. The summed E-state index contributed by atoms with van der Waals surface area (Å²) < 4.78 is 5.47. The molecule has 0 aliphatic heterocycles. The van der Waals surface area contributed by atoms with Crippen LogP contribution in [0, 0.1) is 5.92 Å². The maximum absolute atomic E-state index is 11.8. The van der Waals surface area contributed by atoms with E-state index in [1.807, 2.05) is 0 Å². The summed E-state index contributed by atoms with van der Waals surface area (Å²) in [4.78, 5) is 15.5. The predicted molar refractivity (Wildman–Crippen MR) is 62.2 cm³/mol. The number of aromatic amines is 1. The van der Waals surface area contributed by atoms with Gasteiger partial charge in [0.15, 0.2) is 0 Å². The number of nitrogens with two attached hydrogens (primary N) is 1. The quantitative estimate of drug-likeness (QED) is 0.778. The molecule has 0 bridgehead atoms. The molecule has 0 saturated heterocycles. The Hall–Kier alpha value is -1.59. The van der Waals surface area contributed by atoms with Gasteiger partial charge in [-0.1, -0.05) is 13.3 Å². The Morgan fingerprint density at radius 3 is 2.94 bits per heavy atom. The molecular formula is C11H18N4O2. The molecule has 1 aromatic rings. The molecule has 6 nitrogen and oxygen atoms in total. The summed E-state index contributed by atoms with van der Waals surface area (Å²) >= 11 is 0. The minimum Gasteiger partial charge on any atom is -0.456 e. The minimum atomic E-state index is -0.459. The second-order valence-corrected chi connectivity index (χ2v) is 4.44. The first kappa shape index (κ1) is 11.9. The van der Waals surface area contributed by atoms with E-state index >= 15 is 0 Å². The van der Waals surface area contributed by atoms with Crippen LogP contribution in [-0.2, 0) is 4.74 Å². The maximum Gasteiger partial charge on any atom is 0.376 e. The zero-order chi connectivity index (χ0) is 12.3. The van der Waals surface area contributed by atoms with Gasteiger partial charge in [0.2, 0.25) is 11.8 Å². The summed E-state index contributed by atoms with van der Waals surface area (Å²) in [6.45, 7) is 2.13. The molecule has 0 amide bonds. The Balaban J connectivity index is 1.97. The van der Waals surface area contributed by atoms with E-state index in [9.17, 15) is 4.79 Å². The highest BCUT2D eigenvalue weighted by Crippen LogP contribution is 2.29. The van der Waals surface area contributed by atoms with Crippen LogP contribution in [0.25, 0.3) is 0 Å². The highest BCUT2D eigenvalue weighted by molar-refractivity contribution is 5.85. The Bertz CT molecular complexity index is 391. The van der Waals surface area contributed by atoms with Gasteiger partial charge >= 0.3 is 5.97 Å². The van der Waals surface area contributed by atoms with Crippen molar-refractivity contribution in [2.45, 2.75) is 45.1 Å². The van der Waals surface area contributed by atoms with Crippen LogP contribution in [0.4, 0.5) is 5.95 Å². The molecule has 1 saturated carbocycles. The fraction of sp³-hybridized carbons (Fsp3) is 0.727. The van der Waals surface area contributed by atoms with Crippen molar-refractivity contribution in [3.05, 3.63) is 5.82 Å². The number of aromatic nitrogens is 3. The van der Waals surface area contributed by atoms with Gasteiger partial charge in [0.1, 0.15) is 6.10 Å². The Morgan fingerprint density at radius 2 is 2.29 bits per heavy atom. The van der Waals surface area contributed by atoms with Gasteiger partial charge in [-0.2, -0.15) is 4.98 Å². The average molecular weight is 238 g/mol. The van der Waals surface area contributed by atoms with Crippen molar-refractivity contribution in [3.63, 3.8) is 0 Å². The number of anilines is 1. The van der Waals surface area contributed by atoms with E-state index in [0.717, 1.165) is 25.7 Å². The lowest BCUT2D eigenvalue weighted by molar-refractivity contribution is -0.000472. The lowest BCUT2D eigenvalue weighted by Crippen LogP contribution is -2.30. The third-order valence-electron chi connectivity index (χ3n) is 3.32. The highest BCUT2D eigenvalue weighted by Gasteiger charge is 2.28. The Kier molecular flexibility index (Phi) is 3.61. The molecule has 6 heteroatoms. The lowest BCUT2D eigenvalue weighted by atomic mass is 9.85. The van der Waals surface area contributed by atoms with Crippen LogP contribution in [0.3, 0.4) is 0 Å². The highest BCUT2D eigenvalue weighted by atomic mass is 16.5. The number of esters is 1. The van der Waals surface area contributed by atoms with Gasteiger partial charge in [-0.25, -0.2) is 4.79 Å². The Labute approximate surface area is 99.9 Å². The van der Waals surface area contributed by atoms with E-state index in [1.54, 1.807) is 0 Å². The van der Waals surface area contributed by atoms with Crippen LogP contribution in [0.15, 0.2) is 0 Å². The Morgan fingerprint density at radius 1 is 1.53 bits per heavy atom. The van der Waals surface area contributed by atoms with Crippen LogP contribution in [0.1, 0.15) is 49.6 Å². The molecule has 17 heavy (non-hydrogen) atoms. The van der Waals surface area contributed by atoms with Gasteiger partial charge in [0.25, 0.3) is 0 Å². The molecule has 1 aliphatic carbocycles. The summed E-state index contributed by atoms with van der Waals surface area (Å²) in [7, 11) is 0. The number of carbonyl (C=O) groups excluding carboxylic acids is 1. The topological polar surface area (TPSA) is 93.9 Å². The van der Waals surface area contributed by atoms with Crippen LogP contribution >= 0.6 is 0 Å². The van der Waals surface area contributed by atoms with E-state index in [0.29, 0.717) is 5.92 Å². The van der Waals surface area contributed by atoms with Crippen molar-refractivity contribution in [2.24, 2.45) is 5.92 Å². The normalized spacial score (nSPS) is 24.5. The van der Waals surface area contributed by atoms with Crippen LogP contribution in [-0.4, -0.2) is 27.3 Å². The molecule has 1 fully saturated rings. The fourth-order valence-corrected chi connectivity index (χ4v) is 2.36. The molecule has 2 unspecified atom stereocenters. The summed E-state index contributed by atoms with van der Waals surface area (Å²) in [5.74, 6) is 0.156. The van der Waals surface area contributed by atoms with Crippen molar-refractivity contribution >= 4 is 11.9 Å². The molecule has 2 atom stereocenters. The lowest BCUT2D eigenvalue weighted by Gasteiger charge is -2.29. The summed E-state index contributed by atoms with van der Waals surface area (Å²) in [5, 5.41) is 6.08. The van der Waals surface area contributed by atoms with E-state index < -0.39 is 5.97 Å². The van der Waals surface area contributed by atoms with Crippen molar-refractivity contribution in [3.8, 4) is 0 Å². The van der Waals surface area contributed by atoms with Crippen molar-refractivity contribution in [2.75, 3.05) is 5.73 Å². The van der Waals surface area contributed by atoms with Gasteiger partial charge in [-0.15, -0.1) is 5.10 Å². The molecule has 1 aromatic heterocycles. The van der Waals surface area contributed by atoms with Gasteiger partial charge in [-0.05, 0) is 31.6 Å². The smallest absolute Gasteiger partial charge is 0.376 e. The van der Waals surface area contributed by atoms with Crippen molar-refractivity contribution < 1.29 is 9.53 Å². The SMILES string of the molecule is CCC1CCCCC1OC(=O)c1nc(N)n[nH]1. The van der Waals surface area contributed by atoms with E-state index in [1.165, 1.54) is 6.42 Å². The van der Waals surface area contributed by atoms with Gasteiger partial charge in [0.05, 0.1) is 0 Å². The van der Waals surface area contributed by atoms with E-state index in [2.05, 4.69) is 22.1 Å². The number of H-pyrrole nitrogens is 1. The number of hydrogen-bond donors (Lipinski definition) is 2. The number of rotatable bonds is 3. The third kappa shape index (κ3) is 2.75. The van der Waals surface area contributed by atoms with Crippen LogP contribution < -0.4 is 5.73 Å². The summed E-state index contributed by atoms with van der Waals surface area (Å²) in [5.41, 5.74) is 5.34. The standard InChI is InChI=1S/C11H18N4O2/c1-2-7-5-3-4-6-8(7)17-10(16)9-13-11(12)15-14-9/h7-8H,2-6H2,1H3,(H3,12,13,14,15). The van der Waals surface area contributed by atoms with E-state index in [4.69, 9.17) is 10.5 Å². The monoisotopic (exact) mass is 238 g/mol. The van der Waals surface area contributed by atoms with Gasteiger partial charge in [-0.3, -0.25) is 5.10 Å². The van der Waals surface area contributed by atoms with Crippen molar-refractivity contribution in [1.82, 2.24) is 15.2 Å². The zero-order valence-electron chi connectivity index (χ0n) is 9.98. The number of nitrogens with zero attached hydrogens (tertiary/aromatic N) is 2. The second-order valence-electron chi connectivity index (χ2n) is 4.44. The number of nitrogen functional groups attached to an aromatic ring is 1. The first-order chi connectivity index (χ1) is 8.20. The number of ether oxygens (including phenoxy) is 1. The molecule has 2 rings (SSSR count). The van der Waals surface area contributed by atoms with Crippen molar-refractivity contribution in [1.29, 1.82) is 0 Å². The van der Waals surface area contributed by atoms with Crippen LogP contribution in [0.5, 0.6) is 0 Å². The van der Waals surface area contributed by atoms with Gasteiger partial charge < -0.3 is 10.5 Å². The second kappa shape index (κ2) is 5.16. The fourth-order valence-electron chi connectivity index (χ4n) is 2.36.